The highest BCUT2D eigenvalue weighted by atomic mass is 79.9. The molecule has 0 aliphatic carbocycles. The number of carbonyl (C=O) groups excluding carboxylic acids is 1. The van der Waals surface area contributed by atoms with Crippen molar-refractivity contribution in [2.45, 2.75) is 0 Å². The van der Waals surface area contributed by atoms with E-state index in [1.807, 2.05) is 6.07 Å². The van der Waals surface area contributed by atoms with Gasteiger partial charge >= 0.3 is 5.97 Å². The standard InChI is InChI=1S/C10H8Br2O2/c1-2-6-14-10(13)9-7(11)4-3-5-8(9)12/h2-5H,1,6H2. The molecule has 1 aromatic carbocycles. The highest BCUT2D eigenvalue weighted by Crippen LogP contribution is 2.25. The van der Waals surface area contributed by atoms with Crippen molar-refractivity contribution in [2.24, 2.45) is 0 Å². The van der Waals surface area contributed by atoms with Crippen LogP contribution in [0.3, 0.4) is 0 Å². The van der Waals surface area contributed by atoms with Crippen LogP contribution in [0.15, 0.2) is 39.8 Å². The van der Waals surface area contributed by atoms with Crippen molar-refractivity contribution in [3.63, 3.8) is 0 Å². The van der Waals surface area contributed by atoms with E-state index in [4.69, 9.17) is 4.74 Å². The molecule has 2 nitrogen and oxygen atoms in total. The minimum absolute atomic E-state index is 0.215. The zero-order chi connectivity index (χ0) is 10.6. The van der Waals surface area contributed by atoms with Crippen LogP contribution >= 0.6 is 31.9 Å². The second-order valence-electron chi connectivity index (χ2n) is 2.48. The normalized spacial score (nSPS) is 9.57. The van der Waals surface area contributed by atoms with Crippen LogP contribution in [-0.4, -0.2) is 12.6 Å². The first-order valence-electron chi connectivity index (χ1n) is 3.89. The summed E-state index contributed by atoms with van der Waals surface area (Å²) >= 11 is 6.57. The Morgan fingerprint density at radius 3 is 2.50 bits per heavy atom. The summed E-state index contributed by atoms with van der Waals surface area (Å²) in [5.41, 5.74) is 0.495. The molecule has 0 saturated heterocycles. The number of hydrogen-bond donors (Lipinski definition) is 0. The van der Waals surface area contributed by atoms with Crippen LogP contribution < -0.4 is 0 Å². The Morgan fingerprint density at radius 1 is 1.43 bits per heavy atom. The van der Waals surface area contributed by atoms with Gasteiger partial charge in [-0.05, 0) is 44.0 Å². The lowest BCUT2D eigenvalue weighted by molar-refractivity contribution is 0.0547. The molecule has 0 aliphatic rings. The highest BCUT2D eigenvalue weighted by molar-refractivity contribution is 9.11. The predicted octanol–water partition coefficient (Wildman–Crippen LogP) is 3.55. The van der Waals surface area contributed by atoms with Gasteiger partial charge in [-0.15, -0.1) is 0 Å². The molecule has 14 heavy (non-hydrogen) atoms. The summed E-state index contributed by atoms with van der Waals surface area (Å²) in [6.45, 7) is 3.69. The van der Waals surface area contributed by atoms with Crippen molar-refractivity contribution in [3.8, 4) is 0 Å². The topological polar surface area (TPSA) is 26.3 Å². The average Bonchev–Trinajstić information content (AvgIpc) is 2.14. The molecule has 0 unspecified atom stereocenters. The van der Waals surface area contributed by atoms with Crippen molar-refractivity contribution in [2.75, 3.05) is 6.61 Å². The van der Waals surface area contributed by atoms with Crippen LogP contribution in [0.2, 0.25) is 0 Å². The van der Waals surface area contributed by atoms with Gasteiger partial charge < -0.3 is 4.74 Å². The largest absolute Gasteiger partial charge is 0.458 e. The third kappa shape index (κ3) is 2.69. The second kappa shape index (κ2) is 5.32. The minimum Gasteiger partial charge on any atom is -0.458 e. The monoisotopic (exact) mass is 318 g/mol. The first-order chi connectivity index (χ1) is 6.66. The maximum atomic E-state index is 11.5. The van der Waals surface area contributed by atoms with Crippen molar-refractivity contribution in [1.82, 2.24) is 0 Å². The molecule has 74 valence electrons. The zero-order valence-corrected chi connectivity index (χ0v) is 10.5. The third-order valence-corrected chi connectivity index (χ3v) is 2.82. The summed E-state index contributed by atoms with van der Waals surface area (Å²) in [6, 6.07) is 5.41. The van der Waals surface area contributed by atoms with Crippen molar-refractivity contribution in [1.29, 1.82) is 0 Å². The zero-order valence-electron chi connectivity index (χ0n) is 7.30. The van der Waals surface area contributed by atoms with Gasteiger partial charge in [0.2, 0.25) is 0 Å². The second-order valence-corrected chi connectivity index (χ2v) is 4.19. The van der Waals surface area contributed by atoms with E-state index in [1.54, 1.807) is 12.1 Å². The molecule has 0 spiro atoms. The average molecular weight is 320 g/mol. The van der Waals surface area contributed by atoms with E-state index >= 15 is 0 Å². The summed E-state index contributed by atoms with van der Waals surface area (Å²) in [6.07, 6.45) is 1.53. The fourth-order valence-corrected chi connectivity index (χ4v) is 2.22. The summed E-state index contributed by atoms with van der Waals surface area (Å²) in [5.74, 6) is -0.371. The molecule has 1 rings (SSSR count). The SMILES string of the molecule is C=CCOC(=O)c1c(Br)cccc1Br. The van der Waals surface area contributed by atoms with Crippen LogP contribution in [-0.2, 0) is 4.74 Å². The maximum Gasteiger partial charge on any atom is 0.340 e. The number of rotatable bonds is 3. The summed E-state index contributed by atoms with van der Waals surface area (Å²) in [7, 11) is 0. The Balaban J connectivity index is 2.94. The van der Waals surface area contributed by atoms with E-state index in [0.29, 0.717) is 14.5 Å². The molecule has 0 bridgehead atoms. The van der Waals surface area contributed by atoms with Gasteiger partial charge in [-0.25, -0.2) is 4.79 Å². The molecule has 0 N–H and O–H groups in total. The van der Waals surface area contributed by atoms with Crippen molar-refractivity contribution >= 4 is 37.8 Å². The third-order valence-electron chi connectivity index (χ3n) is 1.50. The smallest absolute Gasteiger partial charge is 0.340 e. The number of hydrogen-bond acceptors (Lipinski definition) is 2. The quantitative estimate of drug-likeness (QED) is 0.629. The fraction of sp³-hybridized carbons (Fsp3) is 0.100. The minimum atomic E-state index is -0.371. The molecule has 0 fully saturated rings. The van der Waals surface area contributed by atoms with Crippen molar-refractivity contribution < 1.29 is 9.53 Å². The van der Waals surface area contributed by atoms with Gasteiger partial charge in [0.1, 0.15) is 6.61 Å². The van der Waals surface area contributed by atoms with Gasteiger partial charge in [0.15, 0.2) is 0 Å². The Hall–Kier alpha value is -0.610. The van der Waals surface area contributed by atoms with Gasteiger partial charge in [-0.1, -0.05) is 18.7 Å². The number of benzene rings is 1. The van der Waals surface area contributed by atoms with Crippen LogP contribution in [0.5, 0.6) is 0 Å². The van der Waals surface area contributed by atoms with E-state index in [9.17, 15) is 4.79 Å². The van der Waals surface area contributed by atoms with Crippen LogP contribution in [0.4, 0.5) is 0 Å². The number of carbonyl (C=O) groups is 1. The Morgan fingerprint density at radius 2 is 2.00 bits per heavy atom. The molecular formula is C10H8Br2O2. The molecule has 0 radical (unpaired) electrons. The van der Waals surface area contributed by atoms with E-state index in [2.05, 4.69) is 38.4 Å². The predicted molar refractivity (Wildman–Crippen MR) is 62.3 cm³/mol. The van der Waals surface area contributed by atoms with Gasteiger partial charge in [0.25, 0.3) is 0 Å². The van der Waals surface area contributed by atoms with E-state index in [0.717, 1.165) is 0 Å². The summed E-state index contributed by atoms with van der Waals surface area (Å²) in [4.78, 5) is 11.5. The number of halogens is 2. The molecule has 0 saturated carbocycles. The summed E-state index contributed by atoms with van der Waals surface area (Å²) in [5, 5.41) is 0. The van der Waals surface area contributed by atoms with E-state index in [1.165, 1.54) is 6.08 Å². The van der Waals surface area contributed by atoms with Crippen LogP contribution in [0, 0.1) is 0 Å². The lowest BCUT2D eigenvalue weighted by atomic mass is 10.2. The van der Waals surface area contributed by atoms with E-state index < -0.39 is 0 Å². The summed E-state index contributed by atoms with van der Waals surface area (Å²) < 4.78 is 6.34. The number of ether oxygens (including phenoxy) is 1. The van der Waals surface area contributed by atoms with E-state index in [-0.39, 0.29) is 12.6 Å². The van der Waals surface area contributed by atoms with Gasteiger partial charge in [0, 0.05) is 8.95 Å². The lowest BCUT2D eigenvalue weighted by Crippen LogP contribution is -2.06. The molecule has 0 aliphatic heterocycles. The first-order valence-corrected chi connectivity index (χ1v) is 5.47. The molecule has 0 aromatic heterocycles. The molecule has 1 aromatic rings. The Labute approximate surface area is 99.2 Å². The molecule has 0 heterocycles. The molecule has 4 heteroatoms. The van der Waals surface area contributed by atoms with Crippen molar-refractivity contribution in [3.05, 3.63) is 45.4 Å². The van der Waals surface area contributed by atoms with Gasteiger partial charge in [0.05, 0.1) is 5.56 Å². The molecular weight excluding hydrogens is 312 g/mol. The Bertz CT molecular complexity index is 341. The lowest BCUT2D eigenvalue weighted by Gasteiger charge is -2.05. The molecule has 0 amide bonds. The van der Waals surface area contributed by atoms with Crippen LogP contribution in [0.1, 0.15) is 10.4 Å². The Kier molecular flexibility index (Phi) is 4.35. The fourth-order valence-electron chi connectivity index (χ4n) is 0.900. The molecule has 0 atom stereocenters. The first kappa shape index (κ1) is 11.5. The maximum absolute atomic E-state index is 11.5. The van der Waals surface area contributed by atoms with Gasteiger partial charge in [-0.2, -0.15) is 0 Å². The van der Waals surface area contributed by atoms with Gasteiger partial charge in [-0.3, -0.25) is 0 Å². The van der Waals surface area contributed by atoms with Crippen LogP contribution in [0.25, 0.3) is 0 Å². The highest BCUT2D eigenvalue weighted by Gasteiger charge is 2.14. The number of esters is 1.